The summed E-state index contributed by atoms with van der Waals surface area (Å²) < 4.78 is 0. The zero-order valence-electron chi connectivity index (χ0n) is 10.6. The smallest absolute Gasteiger partial charge is 0.237 e. The van der Waals surface area contributed by atoms with Crippen LogP contribution < -0.4 is 10.6 Å². The zero-order valence-corrected chi connectivity index (χ0v) is 10.6. The molecular formula is C14H20N2O2. The summed E-state index contributed by atoms with van der Waals surface area (Å²) in [6.45, 7) is 2.87. The van der Waals surface area contributed by atoms with Gasteiger partial charge in [-0.25, -0.2) is 0 Å². The van der Waals surface area contributed by atoms with Crippen molar-refractivity contribution in [2.75, 3.05) is 6.54 Å². The number of piperidine rings is 1. The molecule has 1 aromatic rings. The fraction of sp³-hybridized carbons (Fsp3) is 0.500. The number of rotatable bonds is 4. The Balaban J connectivity index is 2.04. The quantitative estimate of drug-likeness (QED) is 0.760. The maximum Gasteiger partial charge on any atom is 0.237 e. The van der Waals surface area contributed by atoms with E-state index < -0.39 is 0 Å². The van der Waals surface area contributed by atoms with Crippen molar-refractivity contribution < 1.29 is 9.90 Å². The summed E-state index contributed by atoms with van der Waals surface area (Å²) in [6.07, 6.45) is 2.82. The first kappa shape index (κ1) is 12.9. The Morgan fingerprint density at radius 2 is 2.17 bits per heavy atom. The van der Waals surface area contributed by atoms with Crippen molar-refractivity contribution in [3.05, 3.63) is 29.8 Å². The molecule has 1 aliphatic rings. The van der Waals surface area contributed by atoms with Crippen LogP contribution in [0.4, 0.5) is 0 Å². The van der Waals surface area contributed by atoms with Crippen molar-refractivity contribution in [2.45, 2.75) is 38.3 Å². The first-order valence-corrected chi connectivity index (χ1v) is 6.53. The van der Waals surface area contributed by atoms with Crippen LogP contribution in [0.15, 0.2) is 24.3 Å². The predicted octanol–water partition coefficient (Wildman–Crippen LogP) is 1.71. The third-order valence-electron chi connectivity index (χ3n) is 3.39. The Morgan fingerprint density at radius 1 is 1.44 bits per heavy atom. The molecule has 18 heavy (non-hydrogen) atoms. The fourth-order valence-electron chi connectivity index (χ4n) is 2.33. The molecule has 4 nitrogen and oxygen atoms in total. The monoisotopic (exact) mass is 248 g/mol. The van der Waals surface area contributed by atoms with Gasteiger partial charge >= 0.3 is 0 Å². The highest BCUT2D eigenvalue weighted by molar-refractivity contribution is 5.82. The molecule has 4 heteroatoms. The van der Waals surface area contributed by atoms with Crippen molar-refractivity contribution in [2.24, 2.45) is 0 Å². The van der Waals surface area contributed by atoms with Gasteiger partial charge in [-0.3, -0.25) is 10.1 Å². The van der Waals surface area contributed by atoms with Gasteiger partial charge in [0.05, 0.1) is 6.04 Å². The highest BCUT2D eigenvalue weighted by atomic mass is 16.3. The molecule has 0 aliphatic carbocycles. The maximum atomic E-state index is 11.7. The number of carbonyl (C=O) groups excluding carboxylic acids is 1. The normalized spacial score (nSPS) is 21.4. The molecule has 0 spiro atoms. The van der Waals surface area contributed by atoms with Crippen LogP contribution in [0.1, 0.15) is 37.8 Å². The van der Waals surface area contributed by atoms with E-state index in [1.54, 1.807) is 12.1 Å². The van der Waals surface area contributed by atoms with Crippen LogP contribution >= 0.6 is 0 Å². The molecule has 1 saturated heterocycles. The van der Waals surface area contributed by atoms with Crippen molar-refractivity contribution in [3.8, 4) is 5.75 Å². The highest BCUT2D eigenvalue weighted by Crippen LogP contribution is 2.21. The second-order valence-corrected chi connectivity index (χ2v) is 4.70. The topological polar surface area (TPSA) is 61.4 Å². The summed E-state index contributed by atoms with van der Waals surface area (Å²) in [4.78, 5) is 11.7. The minimum Gasteiger partial charge on any atom is -0.508 e. The van der Waals surface area contributed by atoms with E-state index >= 15 is 0 Å². The Hall–Kier alpha value is -1.55. The molecule has 1 amide bonds. The van der Waals surface area contributed by atoms with Crippen molar-refractivity contribution in [1.29, 1.82) is 0 Å². The minimum absolute atomic E-state index is 0.0958. The number of amides is 1. The summed E-state index contributed by atoms with van der Waals surface area (Å²) in [5.74, 6) is 0.363. The van der Waals surface area contributed by atoms with Crippen molar-refractivity contribution >= 4 is 5.91 Å². The minimum atomic E-state index is -0.0995. The first-order valence-electron chi connectivity index (χ1n) is 6.53. The number of benzene rings is 1. The Morgan fingerprint density at radius 3 is 2.78 bits per heavy atom. The third-order valence-corrected chi connectivity index (χ3v) is 3.39. The van der Waals surface area contributed by atoms with Crippen LogP contribution in [0.25, 0.3) is 0 Å². The second-order valence-electron chi connectivity index (χ2n) is 4.70. The van der Waals surface area contributed by atoms with Gasteiger partial charge in [0.25, 0.3) is 0 Å². The van der Waals surface area contributed by atoms with Crippen LogP contribution in [0.2, 0.25) is 0 Å². The number of nitrogens with one attached hydrogen (secondary N) is 2. The Bertz CT molecular complexity index is 403. The van der Waals surface area contributed by atoms with E-state index in [-0.39, 0.29) is 23.7 Å². The summed E-state index contributed by atoms with van der Waals surface area (Å²) >= 11 is 0. The van der Waals surface area contributed by atoms with Crippen LogP contribution in [0.3, 0.4) is 0 Å². The highest BCUT2D eigenvalue weighted by Gasteiger charge is 2.24. The molecule has 1 aromatic carbocycles. The summed E-state index contributed by atoms with van der Waals surface area (Å²) in [6, 6.07) is 7.22. The van der Waals surface area contributed by atoms with E-state index in [2.05, 4.69) is 17.6 Å². The number of hydrogen-bond donors (Lipinski definition) is 3. The molecule has 1 heterocycles. The largest absolute Gasteiger partial charge is 0.508 e. The molecule has 1 fully saturated rings. The number of carbonyl (C=O) groups is 1. The van der Waals surface area contributed by atoms with E-state index in [4.69, 9.17) is 0 Å². The van der Waals surface area contributed by atoms with Gasteiger partial charge in [-0.05, 0) is 37.0 Å². The number of phenols is 1. The average Bonchev–Trinajstić information content (AvgIpc) is 2.39. The maximum absolute atomic E-state index is 11.7. The lowest BCUT2D eigenvalue weighted by Crippen LogP contribution is -2.49. The fourth-order valence-corrected chi connectivity index (χ4v) is 2.33. The summed E-state index contributed by atoms with van der Waals surface area (Å²) in [5.41, 5.74) is 1.11. The van der Waals surface area contributed by atoms with Gasteiger partial charge in [0.15, 0.2) is 0 Å². The summed E-state index contributed by atoms with van der Waals surface area (Å²) in [7, 11) is 0. The molecule has 1 aliphatic heterocycles. The van der Waals surface area contributed by atoms with Gasteiger partial charge in [-0.1, -0.05) is 19.1 Å². The predicted molar refractivity (Wildman–Crippen MR) is 70.3 cm³/mol. The average molecular weight is 248 g/mol. The first-order chi connectivity index (χ1) is 8.70. The standard InChI is InChI=1S/C14H20N2O2/c1-2-12(10-5-7-11(17)8-6-10)16-13-4-3-9-15-14(13)18/h5-8,12-13,16-17H,2-4,9H2,1H3,(H,15,18). The van der Waals surface area contributed by atoms with E-state index in [9.17, 15) is 9.90 Å². The molecule has 3 N–H and O–H groups in total. The molecule has 0 aromatic heterocycles. The van der Waals surface area contributed by atoms with Gasteiger partial charge in [0.2, 0.25) is 5.91 Å². The molecule has 2 atom stereocenters. The Labute approximate surface area is 107 Å². The molecule has 2 rings (SSSR count). The number of hydrogen-bond acceptors (Lipinski definition) is 3. The van der Waals surface area contributed by atoms with Gasteiger partial charge in [0.1, 0.15) is 5.75 Å². The van der Waals surface area contributed by atoms with E-state index in [1.165, 1.54) is 0 Å². The number of phenolic OH excluding ortho intramolecular Hbond substituents is 1. The van der Waals surface area contributed by atoms with Crippen LogP contribution in [0.5, 0.6) is 5.75 Å². The lowest BCUT2D eigenvalue weighted by molar-refractivity contribution is -0.124. The van der Waals surface area contributed by atoms with Crippen molar-refractivity contribution in [1.82, 2.24) is 10.6 Å². The molecular weight excluding hydrogens is 228 g/mol. The van der Waals surface area contributed by atoms with Gasteiger partial charge in [0, 0.05) is 12.6 Å². The Kier molecular flexibility index (Phi) is 4.20. The molecule has 0 radical (unpaired) electrons. The molecule has 0 bridgehead atoms. The van der Waals surface area contributed by atoms with E-state index in [0.29, 0.717) is 0 Å². The molecule has 98 valence electrons. The molecule has 0 saturated carbocycles. The van der Waals surface area contributed by atoms with E-state index in [0.717, 1.165) is 31.4 Å². The second kappa shape index (κ2) is 5.87. The lowest BCUT2D eigenvalue weighted by Gasteiger charge is -2.27. The SMILES string of the molecule is CCC(NC1CCCNC1=O)c1ccc(O)cc1. The molecule has 2 unspecified atom stereocenters. The van der Waals surface area contributed by atoms with Crippen LogP contribution in [0, 0.1) is 0 Å². The van der Waals surface area contributed by atoms with Crippen molar-refractivity contribution in [3.63, 3.8) is 0 Å². The zero-order chi connectivity index (χ0) is 13.0. The van der Waals surface area contributed by atoms with Gasteiger partial charge < -0.3 is 10.4 Å². The van der Waals surface area contributed by atoms with E-state index in [1.807, 2.05) is 12.1 Å². The number of aromatic hydroxyl groups is 1. The van der Waals surface area contributed by atoms with Gasteiger partial charge in [-0.15, -0.1) is 0 Å². The van der Waals surface area contributed by atoms with Crippen LogP contribution in [-0.2, 0) is 4.79 Å². The third kappa shape index (κ3) is 3.01. The van der Waals surface area contributed by atoms with Gasteiger partial charge in [-0.2, -0.15) is 0 Å². The van der Waals surface area contributed by atoms with Crippen LogP contribution in [-0.4, -0.2) is 23.6 Å². The lowest BCUT2D eigenvalue weighted by atomic mass is 10.00. The summed E-state index contributed by atoms with van der Waals surface area (Å²) in [5, 5.41) is 15.6.